The lowest BCUT2D eigenvalue weighted by atomic mass is 9.82. The number of fused-ring (bicyclic) bond motifs is 6. The summed E-state index contributed by atoms with van der Waals surface area (Å²) in [5.41, 5.74) is -0.386. The number of Topliss-reactive ketones (excluding diaryl/α,β-unsaturated/α-hetero) is 2. The van der Waals surface area contributed by atoms with Crippen LogP contribution in [0.3, 0.4) is 0 Å². The quantitative estimate of drug-likeness (QED) is 0.0420. The highest BCUT2D eigenvalue weighted by Crippen LogP contribution is 2.59. The molecule has 6 fully saturated rings. The number of nitrogens with one attached hydrogen (secondary N) is 2. The summed E-state index contributed by atoms with van der Waals surface area (Å²) in [6, 6.07) is 20.0. The summed E-state index contributed by atoms with van der Waals surface area (Å²) in [5, 5.41) is 1.65. The van der Waals surface area contributed by atoms with Gasteiger partial charge < -0.3 is 47.7 Å². The Morgan fingerprint density at radius 3 is 1.20 bits per heavy atom. The van der Waals surface area contributed by atoms with E-state index in [2.05, 4.69) is 33.3 Å². The Bertz CT molecular complexity index is 4940. The molecular weight excluding hydrogens is 1630 g/mol. The van der Waals surface area contributed by atoms with Gasteiger partial charge in [-0.05, 0) is 252 Å². The zero-order valence-corrected chi connectivity index (χ0v) is 75.2. The molecule has 2 saturated heterocycles. The summed E-state index contributed by atoms with van der Waals surface area (Å²) in [5.74, 6) is -3.18. The summed E-state index contributed by atoms with van der Waals surface area (Å²) >= 11 is 0. The van der Waals surface area contributed by atoms with Crippen molar-refractivity contribution in [2.45, 2.75) is 258 Å². The summed E-state index contributed by atoms with van der Waals surface area (Å²) in [4.78, 5) is 136. The lowest BCUT2D eigenvalue weighted by Gasteiger charge is -2.32. The van der Waals surface area contributed by atoms with Crippen molar-refractivity contribution in [3.8, 4) is 57.5 Å². The standard InChI is InChI=1S/2C47H60N4O10S/c2*1-27(2)59-34-13-17-39(48-25-34)40-20-31-19-33(58-7)12-16-37(31)44(49-40)61-35-21-41-42(52)24-47(46(55)50-62(56,57)36-14-15-36)23-32(47)11-9-8-10-29(5)18-30(6)38(45(54)51(41)26-35)22-43(53)60-28(3)4/h2*9,11-13,16-17,19-20,25,27-30,32,35-36,38,41H,8,10,14-15,18,21-24,26H2,1-7H3,(H,50,55)/b2*11-9-/t29-,30+,32+,35+,38-,41-,47+;29-,30-,32-,35-,38+,41+,47-/m01/s1. The molecule has 0 spiro atoms. The molecular formula is C94H120N8O20S2. The van der Waals surface area contributed by atoms with Gasteiger partial charge in [0, 0.05) is 36.5 Å². The molecule has 14 atom stereocenters. The van der Waals surface area contributed by atoms with Crippen LogP contribution in [0, 0.1) is 58.2 Å². The van der Waals surface area contributed by atoms with Crippen LogP contribution in [-0.4, -0.2) is 180 Å². The molecule has 4 amide bonds. The third kappa shape index (κ3) is 22.0. The molecule has 668 valence electrons. The Hall–Kier alpha value is -10.1. The zero-order valence-electron chi connectivity index (χ0n) is 73.6. The number of esters is 2. The van der Waals surface area contributed by atoms with Crippen molar-refractivity contribution in [2.75, 3.05) is 27.3 Å². The fourth-order valence-electron chi connectivity index (χ4n) is 18.1. The predicted octanol–water partition coefficient (Wildman–Crippen LogP) is 14.0. The second kappa shape index (κ2) is 38.4. The molecule has 2 aromatic carbocycles. The average Bonchev–Trinajstić information content (AvgIpc) is 1.57. The fraction of sp³-hybridized carbons (Fsp3) is 0.574. The van der Waals surface area contributed by atoms with Crippen LogP contribution in [0.2, 0.25) is 0 Å². The van der Waals surface area contributed by atoms with E-state index in [1.54, 1.807) is 66.4 Å². The number of benzene rings is 2. The van der Waals surface area contributed by atoms with Crippen molar-refractivity contribution in [3.63, 3.8) is 0 Å². The van der Waals surface area contributed by atoms with Gasteiger partial charge in [0.25, 0.3) is 0 Å². The predicted molar refractivity (Wildman–Crippen MR) is 465 cm³/mol. The SMILES string of the molecule is COc1ccc2c(O[C@@H]3C[C@H]4C(=O)C[C@]5(C(=O)NS(=O)(=O)C6CC6)C[C@H]5/C=C\CC[C@@H](C)C[C@@H](C)[C@H](CC(=O)OC(C)C)C(=O)N4C3)nc(-c3ccc(OC(C)C)cn3)cc2c1.COc1ccc2c(O[C@@H]3C[C@H]4C(=O)C[C@]5(C(=O)NS(=O)(=O)C6CC6)C[C@H]5/C=C\CC[C@H](C)C[C@@H](C)[C@H](CC(=O)OC(C)C)C(=O)N4C3)nc(-c3ccc(OC(C)C)cn3)cc2c1. The number of rotatable bonds is 24. The van der Waals surface area contributed by atoms with E-state index in [0.717, 1.165) is 23.6 Å². The van der Waals surface area contributed by atoms with Crippen LogP contribution < -0.4 is 37.9 Å². The Morgan fingerprint density at radius 2 is 0.863 bits per heavy atom. The largest absolute Gasteiger partial charge is 0.497 e. The van der Waals surface area contributed by atoms with Crippen molar-refractivity contribution >= 4 is 88.7 Å². The monoisotopic (exact) mass is 1740 g/mol. The molecule has 0 unspecified atom stereocenters. The van der Waals surface area contributed by atoms with Crippen LogP contribution in [0.25, 0.3) is 44.3 Å². The zero-order chi connectivity index (χ0) is 89.0. The summed E-state index contributed by atoms with van der Waals surface area (Å²) in [7, 11) is -4.60. The molecule has 2 N–H and O–H groups in total. The number of ketones is 2. The van der Waals surface area contributed by atoms with E-state index in [0.29, 0.717) is 121 Å². The highest BCUT2D eigenvalue weighted by atomic mass is 32.2. The number of hydrogen-bond acceptors (Lipinski definition) is 24. The van der Waals surface area contributed by atoms with Gasteiger partial charge in [-0.15, -0.1) is 0 Å². The Balaban J connectivity index is 0.000000213. The van der Waals surface area contributed by atoms with Gasteiger partial charge >= 0.3 is 11.9 Å². The number of sulfonamides is 2. The minimum Gasteiger partial charge on any atom is -0.497 e. The molecule has 0 bridgehead atoms. The van der Waals surface area contributed by atoms with Gasteiger partial charge in [0.15, 0.2) is 11.6 Å². The first-order valence-electron chi connectivity index (χ1n) is 44.0. The number of hydrogen-bond donors (Lipinski definition) is 2. The first-order chi connectivity index (χ1) is 58.9. The molecule has 0 radical (unpaired) electrons. The number of ether oxygens (including phenoxy) is 8. The van der Waals surface area contributed by atoms with Crippen LogP contribution >= 0.6 is 0 Å². The highest BCUT2D eigenvalue weighted by molar-refractivity contribution is 7.91. The highest BCUT2D eigenvalue weighted by Gasteiger charge is 2.64. The number of aromatic nitrogens is 4. The number of nitrogens with zero attached hydrogens (tertiary/aromatic N) is 6. The summed E-state index contributed by atoms with van der Waals surface area (Å²) in [6.45, 7) is 23.0. The minimum atomic E-state index is -3.88. The minimum absolute atomic E-state index is 0.00880. The average molecular weight is 1750 g/mol. The van der Waals surface area contributed by atoms with E-state index in [4.69, 9.17) is 47.9 Å². The van der Waals surface area contributed by atoms with E-state index < -0.39 is 101 Å². The first-order valence-corrected chi connectivity index (χ1v) is 47.1. The molecule has 28 nitrogen and oxygen atoms in total. The third-order valence-corrected chi connectivity index (χ3v) is 28.8. The number of carbonyl (C=O) groups is 8. The van der Waals surface area contributed by atoms with Crippen molar-refractivity contribution in [2.24, 2.45) is 58.2 Å². The summed E-state index contributed by atoms with van der Waals surface area (Å²) in [6.07, 6.45) is 15.1. The van der Waals surface area contributed by atoms with Crippen molar-refractivity contribution in [1.29, 1.82) is 0 Å². The summed E-state index contributed by atoms with van der Waals surface area (Å²) < 4.78 is 104. The lowest BCUT2D eigenvalue weighted by molar-refractivity contribution is -0.154. The van der Waals surface area contributed by atoms with Crippen LogP contribution in [0.1, 0.15) is 199 Å². The molecule has 4 aliphatic heterocycles. The molecule has 124 heavy (non-hydrogen) atoms. The maximum Gasteiger partial charge on any atom is 0.306 e. The number of methoxy groups -OCH3 is 2. The Morgan fingerprint density at radius 1 is 0.484 bits per heavy atom. The van der Waals surface area contributed by atoms with Gasteiger partial charge in [0.2, 0.25) is 55.4 Å². The molecule has 30 heteroatoms. The molecule has 8 heterocycles. The van der Waals surface area contributed by atoms with Gasteiger partial charge in [-0.25, -0.2) is 26.8 Å². The van der Waals surface area contributed by atoms with Gasteiger partial charge in [0.05, 0.1) is 145 Å². The lowest BCUT2D eigenvalue weighted by Crippen LogP contribution is -2.47. The van der Waals surface area contributed by atoms with Crippen LogP contribution in [0.4, 0.5) is 0 Å². The van der Waals surface area contributed by atoms with E-state index in [1.165, 1.54) is 9.80 Å². The van der Waals surface area contributed by atoms with E-state index in [-0.39, 0.29) is 147 Å². The second-order valence-corrected chi connectivity index (χ2v) is 40.7. The third-order valence-electron chi connectivity index (χ3n) is 25.1. The van der Waals surface area contributed by atoms with Crippen molar-refractivity contribution in [1.82, 2.24) is 39.2 Å². The van der Waals surface area contributed by atoms with Crippen LogP contribution in [0.15, 0.2) is 109 Å². The van der Waals surface area contributed by atoms with E-state index >= 15 is 9.59 Å². The maximum absolute atomic E-state index is 15.0. The van der Waals surface area contributed by atoms with Crippen LogP contribution in [-0.2, 0) is 67.9 Å². The number of carbonyl (C=O) groups excluding carboxylic acids is 8. The number of allylic oxidation sites excluding steroid dienone is 4. The normalized spacial score (nSPS) is 27.5. The maximum atomic E-state index is 15.0. The van der Waals surface area contributed by atoms with Gasteiger partial charge in [-0.3, -0.25) is 57.8 Å². The number of amides is 4. The molecule has 4 aromatic heterocycles. The fourth-order valence-corrected chi connectivity index (χ4v) is 20.9. The van der Waals surface area contributed by atoms with Crippen molar-refractivity contribution < 1.29 is 93.1 Å². The van der Waals surface area contributed by atoms with E-state index in [1.807, 2.05) is 127 Å². The second-order valence-electron chi connectivity index (χ2n) is 36.8. The van der Waals surface area contributed by atoms with Gasteiger partial charge in [0.1, 0.15) is 35.2 Å². The van der Waals surface area contributed by atoms with E-state index in [9.17, 15) is 45.6 Å². The molecule has 8 aliphatic rings. The molecule has 6 aromatic rings. The Labute approximate surface area is 727 Å². The van der Waals surface area contributed by atoms with Crippen LogP contribution in [0.5, 0.6) is 34.8 Å². The number of pyridine rings is 4. The Kier molecular flexibility index (Phi) is 28.4. The van der Waals surface area contributed by atoms with Crippen molar-refractivity contribution in [3.05, 3.63) is 109 Å². The molecule has 4 aliphatic carbocycles. The first kappa shape index (κ1) is 91.6. The molecule has 14 rings (SSSR count). The van der Waals surface area contributed by atoms with Gasteiger partial charge in [-0.2, -0.15) is 0 Å². The topological polar surface area (TPSA) is 361 Å². The van der Waals surface area contributed by atoms with Gasteiger partial charge in [-0.1, -0.05) is 52.0 Å². The smallest absolute Gasteiger partial charge is 0.306 e. The molecule has 4 saturated carbocycles.